The first-order valence-corrected chi connectivity index (χ1v) is 9.24. The number of benzene rings is 2. The molecular weight excluding hydrogens is 381 g/mol. The van der Waals surface area contributed by atoms with Gasteiger partial charge in [-0.15, -0.1) is 0 Å². The molecule has 8 heteroatoms. The Labute approximate surface area is 167 Å². The van der Waals surface area contributed by atoms with Crippen LogP contribution in [0.25, 0.3) is 10.8 Å². The van der Waals surface area contributed by atoms with E-state index in [-0.39, 0.29) is 30.9 Å². The minimum atomic E-state index is -4.32. The Morgan fingerprint density at radius 2 is 1.93 bits per heavy atom. The lowest BCUT2D eigenvalue weighted by molar-refractivity contribution is -0.141. The molecule has 154 valence electrons. The summed E-state index contributed by atoms with van der Waals surface area (Å²) in [6, 6.07) is 13.8. The van der Waals surface area contributed by atoms with Crippen LogP contribution in [0.5, 0.6) is 0 Å². The quantitative estimate of drug-likeness (QED) is 0.650. The highest BCUT2D eigenvalue weighted by Crippen LogP contribution is 2.20. The number of nitrogens with zero attached hydrogens (tertiary/aromatic N) is 3. The first-order valence-electron chi connectivity index (χ1n) is 9.24. The number of hydrogen-bond donors (Lipinski definition) is 1. The van der Waals surface area contributed by atoms with Crippen LogP contribution >= 0.6 is 0 Å². The highest BCUT2D eigenvalue weighted by Gasteiger charge is 2.29. The van der Waals surface area contributed by atoms with E-state index in [1.54, 1.807) is 11.9 Å². The van der Waals surface area contributed by atoms with Gasteiger partial charge in [-0.25, -0.2) is 4.98 Å². The molecular formula is C21H23F3N4O. The summed E-state index contributed by atoms with van der Waals surface area (Å²) in [5.74, 6) is 0.0577. The zero-order valence-electron chi connectivity index (χ0n) is 16.3. The number of likely N-dealkylation sites (N-methyl/N-ethyl adjacent to an activating group) is 1. The minimum Gasteiger partial charge on any atom is -0.348 e. The van der Waals surface area contributed by atoms with Crippen LogP contribution in [0.2, 0.25) is 0 Å². The number of alkyl halides is 3. The summed E-state index contributed by atoms with van der Waals surface area (Å²) in [6.07, 6.45) is -1.70. The summed E-state index contributed by atoms with van der Waals surface area (Å²) in [5, 5.41) is 5.16. The Kier molecular flexibility index (Phi) is 6.22. The maximum atomic E-state index is 12.6. The van der Waals surface area contributed by atoms with Gasteiger partial charge in [0.1, 0.15) is 12.4 Å². The highest BCUT2D eigenvalue weighted by atomic mass is 19.4. The van der Waals surface area contributed by atoms with Gasteiger partial charge in [-0.05, 0) is 36.4 Å². The SMILES string of the molecule is CC(NC(=O)CN(C)Cc1nccn1CC(F)(F)F)c1ccc2ccccc2c1. The fraction of sp³-hybridized carbons (Fsp3) is 0.333. The zero-order chi connectivity index (χ0) is 21.0. The number of nitrogens with one attached hydrogen (secondary N) is 1. The summed E-state index contributed by atoms with van der Waals surface area (Å²) >= 11 is 0. The van der Waals surface area contributed by atoms with Crippen molar-refractivity contribution in [3.8, 4) is 0 Å². The number of halogens is 3. The van der Waals surface area contributed by atoms with Gasteiger partial charge in [-0.2, -0.15) is 13.2 Å². The van der Waals surface area contributed by atoms with Gasteiger partial charge < -0.3 is 9.88 Å². The topological polar surface area (TPSA) is 50.2 Å². The molecule has 0 aliphatic heterocycles. The number of fused-ring (bicyclic) bond motifs is 1. The third-order valence-corrected chi connectivity index (χ3v) is 4.63. The van der Waals surface area contributed by atoms with Crippen molar-refractivity contribution in [1.29, 1.82) is 0 Å². The normalized spacial score (nSPS) is 13.0. The van der Waals surface area contributed by atoms with E-state index in [0.29, 0.717) is 0 Å². The number of imidazole rings is 1. The molecule has 0 fully saturated rings. The van der Waals surface area contributed by atoms with Gasteiger partial charge in [0.15, 0.2) is 0 Å². The predicted molar refractivity (Wildman–Crippen MR) is 105 cm³/mol. The lowest BCUT2D eigenvalue weighted by Crippen LogP contribution is -2.36. The molecule has 0 aliphatic carbocycles. The van der Waals surface area contributed by atoms with Gasteiger partial charge in [0.25, 0.3) is 0 Å². The lowest BCUT2D eigenvalue weighted by atomic mass is 10.0. The molecule has 0 bridgehead atoms. The van der Waals surface area contributed by atoms with E-state index >= 15 is 0 Å². The van der Waals surface area contributed by atoms with E-state index in [4.69, 9.17) is 0 Å². The molecule has 0 spiro atoms. The van der Waals surface area contributed by atoms with Gasteiger partial charge in [-0.3, -0.25) is 9.69 Å². The van der Waals surface area contributed by atoms with Crippen molar-refractivity contribution in [2.45, 2.75) is 32.2 Å². The third kappa shape index (κ3) is 5.80. The van der Waals surface area contributed by atoms with E-state index in [9.17, 15) is 18.0 Å². The van der Waals surface area contributed by atoms with Crippen LogP contribution in [0, 0.1) is 0 Å². The van der Waals surface area contributed by atoms with Crippen molar-refractivity contribution in [3.05, 3.63) is 66.2 Å². The van der Waals surface area contributed by atoms with Crippen LogP contribution < -0.4 is 5.32 Å². The second-order valence-electron chi connectivity index (χ2n) is 7.15. The summed E-state index contributed by atoms with van der Waals surface area (Å²) < 4.78 is 38.9. The van der Waals surface area contributed by atoms with Crippen LogP contribution in [0.1, 0.15) is 24.4 Å². The number of rotatable bonds is 7. The molecule has 2 aromatic carbocycles. The van der Waals surface area contributed by atoms with E-state index in [1.807, 2.05) is 49.4 Å². The molecule has 1 aromatic heterocycles. The maximum Gasteiger partial charge on any atom is 0.406 e. The molecule has 1 unspecified atom stereocenters. The molecule has 0 aliphatic rings. The molecule has 1 N–H and O–H groups in total. The van der Waals surface area contributed by atoms with Crippen LogP contribution in [0.4, 0.5) is 13.2 Å². The predicted octanol–water partition coefficient (Wildman–Crippen LogP) is 3.91. The number of carbonyl (C=O) groups is 1. The first kappa shape index (κ1) is 20.9. The fourth-order valence-electron chi connectivity index (χ4n) is 3.22. The van der Waals surface area contributed by atoms with Crippen molar-refractivity contribution in [3.63, 3.8) is 0 Å². The largest absolute Gasteiger partial charge is 0.406 e. The first-order chi connectivity index (χ1) is 13.7. The molecule has 5 nitrogen and oxygen atoms in total. The highest BCUT2D eigenvalue weighted by molar-refractivity contribution is 5.83. The van der Waals surface area contributed by atoms with Gasteiger partial charge in [0.2, 0.25) is 5.91 Å². The Morgan fingerprint density at radius 1 is 1.21 bits per heavy atom. The summed E-state index contributed by atoms with van der Waals surface area (Å²) in [4.78, 5) is 18.0. The van der Waals surface area contributed by atoms with Crippen molar-refractivity contribution in [2.24, 2.45) is 0 Å². The van der Waals surface area contributed by atoms with Crippen molar-refractivity contribution >= 4 is 16.7 Å². The zero-order valence-corrected chi connectivity index (χ0v) is 16.3. The van der Waals surface area contributed by atoms with Gasteiger partial charge in [0.05, 0.1) is 19.1 Å². The molecule has 1 heterocycles. The van der Waals surface area contributed by atoms with E-state index < -0.39 is 12.7 Å². The van der Waals surface area contributed by atoms with E-state index in [0.717, 1.165) is 20.9 Å². The van der Waals surface area contributed by atoms with E-state index in [2.05, 4.69) is 10.3 Å². The molecule has 1 atom stereocenters. The fourth-order valence-corrected chi connectivity index (χ4v) is 3.22. The second-order valence-corrected chi connectivity index (χ2v) is 7.15. The third-order valence-electron chi connectivity index (χ3n) is 4.63. The molecule has 0 radical (unpaired) electrons. The van der Waals surface area contributed by atoms with E-state index in [1.165, 1.54) is 12.4 Å². The Balaban J connectivity index is 1.56. The molecule has 1 amide bonds. The van der Waals surface area contributed by atoms with Crippen LogP contribution in [-0.2, 0) is 17.9 Å². The summed E-state index contributed by atoms with van der Waals surface area (Å²) in [7, 11) is 1.67. The van der Waals surface area contributed by atoms with Crippen molar-refractivity contribution in [2.75, 3.05) is 13.6 Å². The van der Waals surface area contributed by atoms with Gasteiger partial charge >= 0.3 is 6.18 Å². The average molecular weight is 404 g/mol. The van der Waals surface area contributed by atoms with Crippen molar-refractivity contribution in [1.82, 2.24) is 19.8 Å². The average Bonchev–Trinajstić information content (AvgIpc) is 3.05. The molecule has 29 heavy (non-hydrogen) atoms. The van der Waals surface area contributed by atoms with Crippen LogP contribution in [0.3, 0.4) is 0 Å². The second kappa shape index (κ2) is 8.65. The van der Waals surface area contributed by atoms with Crippen LogP contribution in [-0.4, -0.2) is 40.1 Å². The molecule has 0 saturated carbocycles. The van der Waals surface area contributed by atoms with Gasteiger partial charge in [0, 0.05) is 12.4 Å². The number of amides is 1. The number of aromatic nitrogens is 2. The smallest absolute Gasteiger partial charge is 0.348 e. The Hall–Kier alpha value is -2.87. The lowest BCUT2D eigenvalue weighted by Gasteiger charge is -2.20. The standard InChI is InChI=1S/C21H23F3N4O/c1-15(17-8-7-16-5-3-4-6-18(16)11-17)26-20(29)13-27(2)12-19-25-9-10-28(19)14-21(22,23)24/h3-11,15H,12-14H2,1-2H3,(H,26,29). The molecule has 3 rings (SSSR count). The van der Waals surface area contributed by atoms with Crippen LogP contribution in [0.15, 0.2) is 54.9 Å². The minimum absolute atomic E-state index is 0.0524. The van der Waals surface area contributed by atoms with Crippen molar-refractivity contribution < 1.29 is 18.0 Å². The van der Waals surface area contributed by atoms with Gasteiger partial charge in [-0.1, -0.05) is 36.4 Å². The monoisotopic (exact) mass is 404 g/mol. The Bertz CT molecular complexity index is 983. The maximum absolute atomic E-state index is 12.6. The Morgan fingerprint density at radius 3 is 2.66 bits per heavy atom. The summed E-state index contributed by atoms with van der Waals surface area (Å²) in [6.45, 7) is 0.997. The number of hydrogen-bond acceptors (Lipinski definition) is 3. The molecule has 3 aromatic rings. The number of carbonyl (C=O) groups excluding carboxylic acids is 1. The summed E-state index contributed by atoms with van der Waals surface area (Å²) in [5.41, 5.74) is 0.987. The molecule has 0 saturated heterocycles.